The summed E-state index contributed by atoms with van der Waals surface area (Å²) in [4.78, 5) is 0. The average molecular weight is 277 g/mol. The second kappa shape index (κ2) is 4.04. The SMILES string of the molecule is C1=C2Oc3ccccc3C2CC2Oc3ccccc3NC12. The van der Waals surface area contributed by atoms with Gasteiger partial charge in [0.2, 0.25) is 0 Å². The molecule has 0 radical (unpaired) electrons. The zero-order valence-corrected chi connectivity index (χ0v) is 11.5. The van der Waals surface area contributed by atoms with Crippen molar-refractivity contribution in [3.05, 3.63) is 65.9 Å². The highest BCUT2D eigenvalue weighted by molar-refractivity contribution is 5.60. The lowest BCUT2D eigenvalue weighted by Crippen LogP contribution is -2.43. The molecule has 3 aliphatic rings. The third-order valence-corrected chi connectivity index (χ3v) is 4.57. The Morgan fingerprint density at radius 1 is 0.952 bits per heavy atom. The van der Waals surface area contributed by atoms with E-state index in [0.29, 0.717) is 5.92 Å². The van der Waals surface area contributed by atoms with E-state index >= 15 is 0 Å². The number of benzene rings is 2. The van der Waals surface area contributed by atoms with Crippen LogP contribution in [0, 0.1) is 0 Å². The van der Waals surface area contributed by atoms with E-state index < -0.39 is 0 Å². The van der Waals surface area contributed by atoms with Crippen LogP contribution in [-0.4, -0.2) is 12.1 Å². The van der Waals surface area contributed by atoms with Gasteiger partial charge in [-0.3, -0.25) is 0 Å². The van der Waals surface area contributed by atoms with Crippen LogP contribution in [0.15, 0.2) is 60.4 Å². The van der Waals surface area contributed by atoms with Gasteiger partial charge in [-0.2, -0.15) is 0 Å². The topological polar surface area (TPSA) is 30.5 Å². The van der Waals surface area contributed by atoms with E-state index in [9.17, 15) is 0 Å². The number of allylic oxidation sites excluding steroid dienone is 1. The van der Waals surface area contributed by atoms with Crippen molar-refractivity contribution in [1.82, 2.24) is 0 Å². The van der Waals surface area contributed by atoms with Crippen LogP contribution in [0.1, 0.15) is 17.9 Å². The summed E-state index contributed by atoms with van der Waals surface area (Å²) in [5.74, 6) is 3.33. The molecule has 2 aromatic carbocycles. The first-order valence-corrected chi connectivity index (χ1v) is 7.39. The summed E-state index contributed by atoms with van der Waals surface area (Å²) < 4.78 is 12.2. The fourth-order valence-electron chi connectivity index (χ4n) is 3.56. The molecule has 2 heterocycles. The van der Waals surface area contributed by atoms with Crippen LogP contribution in [0.4, 0.5) is 5.69 Å². The van der Waals surface area contributed by atoms with Gasteiger partial charge >= 0.3 is 0 Å². The van der Waals surface area contributed by atoms with Crippen LogP contribution >= 0.6 is 0 Å². The highest BCUT2D eigenvalue weighted by Crippen LogP contribution is 2.48. The number of anilines is 1. The normalized spacial score (nSPS) is 27.8. The van der Waals surface area contributed by atoms with Crippen molar-refractivity contribution < 1.29 is 9.47 Å². The van der Waals surface area contributed by atoms with Gasteiger partial charge in [0.25, 0.3) is 0 Å². The molecule has 0 amide bonds. The Morgan fingerprint density at radius 3 is 2.71 bits per heavy atom. The van der Waals surface area contributed by atoms with Crippen molar-refractivity contribution in [1.29, 1.82) is 0 Å². The number of nitrogens with one attached hydrogen (secondary N) is 1. The quantitative estimate of drug-likeness (QED) is 0.796. The Balaban J connectivity index is 1.54. The van der Waals surface area contributed by atoms with Gasteiger partial charge in [-0.05, 0) is 24.3 Å². The summed E-state index contributed by atoms with van der Waals surface area (Å²) >= 11 is 0. The summed E-state index contributed by atoms with van der Waals surface area (Å²) in [5, 5.41) is 3.56. The Labute approximate surface area is 123 Å². The molecule has 0 bridgehead atoms. The minimum Gasteiger partial charge on any atom is -0.486 e. The van der Waals surface area contributed by atoms with Crippen LogP contribution in [-0.2, 0) is 0 Å². The molecule has 0 spiro atoms. The van der Waals surface area contributed by atoms with E-state index in [-0.39, 0.29) is 12.1 Å². The minimum atomic E-state index is 0.156. The first-order valence-electron chi connectivity index (χ1n) is 7.39. The van der Waals surface area contributed by atoms with E-state index in [1.54, 1.807) is 0 Å². The van der Waals surface area contributed by atoms with Crippen molar-refractivity contribution >= 4 is 5.69 Å². The Bertz CT molecular complexity index is 752. The standard InChI is InChI=1S/C18H15NO2/c1-3-7-15-11(5-1)12-9-18-14(10-17(12)20-15)19-13-6-2-4-8-16(13)21-18/h1-8,10,12,14,18-19H,9H2. The van der Waals surface area contributed by atoms with Gasteiger partial charge in [0.15, 0.2) is 0 Å². The maximum Gasteiger partial charge on any atom is 0.142 e. The second-order valence-corrected chi connectivity index (χ2v) is 5.82. The van der Waals surface area contributed by atoms with E-state index in [1.807, 2.05) is 30.3 Å². The molecule has 2 aliphatic heterocycles. The summed E-state index contributed by atoms with van der Waals surface area (Å²) in [5.41, 5.74) is 2.34. The lowest BCUT2D eigenvalue weighted by atomic mass is 9.84. The first-order chi connectivity index (χ1) is 10.4. The fourth-order valence-corrected chi connectivity index (χ4v) is 3.56. The molecule has 1 N–H and O–H groups in total. The lowest BCUT2D eigenvalue weighted by molar-refractivity contribution is 0.155. The highest BCUT2D eigenvalue weighted by atomic mass is 16.5. The molecule has 0 aromatic heterocycles. The summed E-state index contributed by atoms with van der Waals surface area (Å²) in [6.45, 7) is 0. The van der Waals surface area contributed by atoms with Gasteiger partial charge in [0.05, 0.1) is 11.7 Å². The molecular formula is C18H15NO2. The third kappa shape index (κ3) is 1.60. The van der Waals surface area contributed by atoms with E-state index in [4.69, 9.17) is 9.47 Å². The Hall–Kier alpha value is -2.42. The zero-order valence-electron chi connectivity index (χ0n) is 11.5. The molecule has 2 aromatic rings. The van der Waals surface area contributed by atoms with E-state index in [2.05, 4.69) is 29.6 Å². The van der Waals surface area contributed by atoms with Crippen molar-refractivity contribution in [2.75, 3.05) is 5.32 Å². The number of ether oxygens (including phenoxy) is 2. The predicted molar refractivity (Wildman–Crippen MR) is 80.8 cm³/mol. The van der Waals surface area contributed by atoms with E-state index in [1.165, 1.54) is 5.56 Å². The molecule has 21 heavy (non-hydrogen) atoms. The number of hydrogen-bond acceptors (Lipinski definition) is 3. The molecule has 3 atom stereocenters. The van der Waals surface area contributed by atoms with Crippen LogP contribution in [0.25, 0.3) is 0 Å². The molecule has 0 saturated carbocycles. The fraction of sp³-hybridized carbons (Fsp3) is 0.222. The molecule has 3 nitrogen and oxygen atoms in total. The monoisotopic (exact) mass is 277 g/mol. The minimum absolute atomic E-state index is 0.156. The lowest BCUT2D eigenvalue weighted by Gasteiger charge is -2.37. The number of para-hydroxylation sites is 3. The van der Waals surface area contributed by atoms with Crippen molar-refractivity contribution in [2.45, 2.75) is 24.5 Å². The van der Waals surface area contributed by atoms with Crippen molar-refractivity contribution in [3.8, 4) is 11.5 Å². The van der Waals surface area contributed by atoms with Crippen LogP contribution < -0.4 is 14.8 Å². The first kappa shape index (κ1) is 11.3. The van der Waals surface area contributed by atoms with E-state index in [0.717, 1.165) is 29.4 Å². The largest absolute Gasteiger partial charge is 0.486 e. The van der Waals surface area contributed by atoms with Crippen LogP contribution in [0.2, 0.25) is 0 Å². The molecule has 0 fully saturated rings. The molecule has 3 heteroatoms. The number of rotatable bonds is 0. The number of hydrogen-bond donors (Lipinski definition) is 1. The summed E-state index contributed by atoms with van der Waals surface area (Å²) in [6, 6.07) is 16.6. The molecule has 0 saturated heterocycles. The zero-order chi connectivity index (χ0) is 13.8. The third-order valence-electron chi connectivity index (χ3n) is 4.57. The number of fused-ring (bicyclic) bond motifs is 5. The highest BCUT2D eigenvalue weighted by Gasteiger charge is 2.41. The van der Waals surface area contributed by atoms with Gasteiger partial charge in [-0.15, -0.1) is 0 Å². The summed E-state index contributed by atoms with van der Waals surface area (Å²) in [6.07, 6.45) is 3.30. The van der Waals surface area contributed by atoms with Gasteiger partial charge in [-0.25, -0.2) is 0 Å². The molecule has 5 rings (SSSR count). The van der Waals surface area contributed by atoms with Gasteiger partial charge < -0.3 is 14.8 Å². The smallest absolute Gasteiger partial charge is 0.142 e. The van der Waals surface area contributed by atoms with Gasteiger partial charge in [0, 0.05) is 17.9 Å². The summed E-state index contributed by atoms with van der Waals surface area (Å²) in [7, 11) is 0. The van der Waals surface area contributed by atoms with Crippen LogP contribution in [0.3, 0.4) is 0 Å². The maximum atomic E-state index is 6.20. The molecule has 3 unspecified atom stereocenters. The molecule has 104 valence electrons. The second-order valence-electron chi connectivity index (χ2n) is 5.82. The maximum absolute atomic E-state index is 6.20. The average Bonchev–Trinajstić information content (AvgIpc) is 2.88. The Morgan fingerprint density at radius 2 is 1.76 bits per heavy atom. The molecule has 1 aliphatic carbocycles. The van der Waals surface area contributed by atoms with Gasteiger partial charge in [-0.1, -0.05) is 30.3 Å². The van der Waals surface area contributed by atoms with Crippen molar-refractivity contribution in [3.63, 3.8) is 0 Å². The molecular weight excluding hydrogens is 262 g/mol. The Kier molecular flexibility index (Phi) is 2.17. The van der Waals surface area contributed by atoms with Crippen molar-refractivity contribution in [2.24, 2.45) is 0 Å². The van der Waals surface area contributed by atoms with Crippen LogP contribution in [0.5, 0.6) is 11.5 Å². The van der Waals surface area contributed by atoms with Gasteiger partial charge in [0.1, 0.15) is 23.4 Å². The predicted octanol–water partition coefficient (Wildman–Crippen LogP) is 3.69.